The number of aryl methyl sites for hydroxylation is 1. The van der Waals surface area contributed by atoms with E-state index in [0.29, 0.717) is 11.6 Å². The van der Waals surface area contributed by atoms with Crippen LogP contribution in [0.1, 0.15) is 36.8 Å². The third-order valence-electron chi connectivity index (χ3n) is 3.20. The lowest BCUT2D eigenvalue weighted by atomic mass is 10.1. The number of thioether (sulfide) groups is 1. The standard InChI is InChI=1S/C14H21N3O4S/c1-7(2)8(3)15-10(18)6-22-12-11(13(19)21-5)9(4)16-14(20)17-12/h7-8H,6H2,1-5H3,(H,15,18)(H,16,17,20)/t8-/m1/s1. The summed E-state index contributed by atoms with van der Waals surface area (Å²) in [5, 5.41) is 3.05. The number of aromatic amines is 1. The van der Waals surface area contributed by atoms with E-state index in [1.165, 1.54) is 7.11 Å². The zero-order valence-electron chi connectivity index (χ0n) is 13.4. The van der Waals surface area contributed by atoms with Crippen molar-refractivity contribution < 1.29 is 14.3 Å². The SMILES string of the molecule is COC(=O)c1c(SCC(=O)N[C@H](C)C(C)C)nc(=O)[nH]c1C. The zero-order valence-corrected chi connectivity index (χ0v) is 14.2. The Labute approximate surface area is 133 Å². The molecular formula is C14H21N3O4S. The first kappa shape index (κ1) is 18.2. The molecule has 7 nitrogen and oxygen atoms in total. The van der Waals surface area contributed by atoms with Crippen LogP contribution in [0.2, 0.25) is 0 Å². The first-order chi connectivity index (χ1) is 10.3. The van der Waals surface area contributed by atoms with E-state index in [4.69, 9.17) is 0 Å². The van der Waals surface area contributed by atoms with E-state index in [2.05, 4.69) is 20.0 Å². The molecular weight excluding hydrogens is 306 g/mol. The third kappa shape index (κ3) is 4.87. The summed E-state index contributed by atoms with van der Waals surface area (Å²) >= 11 is 1.04. The van der Waals surface area contributed by atoms with Crippen molar-refractivity contribution in [3.8, 4) is 0 Å². The maximum Gasteiger partial charge on any atom is 0.346 e. The topological polar surface area (TPSA) is 101 Å². The van der Waals surface area contributed by atoms with Crippen LogP contribution < -0.4 is 11.0 Å². The Morgan fingerprint density at radius 1 is 1.36 bits per heavy atom. The molecule has 1 amide bonds. The Morgan fingerprint density at radius 2 is 2.00 bits per heavy atom. The van der Waals surface area contributed by atoms with Crippen LogP contribution in [0.3, 0.4) is 0 Å². The number of aromatic nitrogens is 2. The molecule has 0 aromatic carbocycles. The molecule has 1 aromatic rings. The van der Waals surface area contributed by atoms with Gasteiger partial charge in [-0.3, -0.25) is 4.79 Å². The van der Waals surface area contributed by atoms with Gasteiger partial charge in [0.15, 0.2) is 0 Å². The molecule has 0 aliphatic rings. The molecule has 1 aromatic heterocycles. The number of hydrogen-bond donors (Lipinski definition) is 2. The summed E-state index contributed by atoms with van der Waals surface area (Å²) in [7, 11) is 1.25. The molecule has 0 radical (unpaired) electrons. The van der Waals surface area contributed by atoms with Gasteiger partial charge in [0.25, 0.3) is 0 Å². The fourth-order valence-electron chi connectivity index (χ4n) is 1.60. The van der Waals surface area contributed by atoms with E-state index in [9.17, 15) is 14.4 Å². The normalized spacial score (nSPS) is 12.1. The number of ether oxygens (including phenoxy) is 1. The Kier molecular flexibility index (Phi) is 6.61. The van der Waals surface area contributed by atoms with E-state index in [1.54, 1.807) is 6.92 Å². The molecule has 0 saturated carbocycles. The molecule has 1 heterocycles. The van der Waals surface area contributed by atoms with Gasteiger partial charge in [-0.25, -0.2) is 9.59 Å². The predicted octanol–water partition coefficient (Wildman–Crippen LogP) is 1.12. The molecule has 2 N–H and O–H groups in total. The Bertz CT molecular complexity index is 613. The second kappa shape index (κ2) is 7.98. The molecule has 0 saturated heterocycles. The van der Waals surface area contributed by atoms with Gasteiger partial charge in [-0.15, -0.1) is 0 Å². The number of carbonyl (C=O) groups is 2. The lowest BCUT2D eigenvalue weighted by Gasteiger charge is -2.17. The van der Waals surface area contributed by atoms with Crippen LogP contribution in [-0.2, 0) is 9.53 Å². The number of esters is 1. The number of H-pyrrole nitrogens is 1. The van der Waals surface area contributed by atoms with Crippen LogP contribution in [0.5, 0.6) is 0 Å². The van der Waals surface area contributed by atoms with Crippen molar-refractivity contribution in [2.75, 3.05) is 12.9 Å². The number of nitrogens with zero attached hydrogens (tertiary/aromatic N) is 1. The summed E-state index contributed by atoms with van der Waals surface area (Å²) in [5.74, 6) is -0.391. The van der Waals surface area contributed by atoms with Gasteiger partial charge in [-0.1, -0.05) is 25.6 Å². The minimum Gasteiger partial charge on any atom is -0.465 e. The highest BCUT2D eigenvalue weighted by Crippen LogP contribution is 2.21. The van der Waals surface area contributed by atoms with E-state index in [1.807, 2.05) is 20.8 Å². The molecule has 0 bridgehead atoms. The maximum atomic E-state index is 11.9. The molecule has 1 atom stereocenters. The number of methoxy groups -OCH3 is 1. The highest BCUT2D eigenvalue weighted by atomic mass is 32.2. The number of carbonyl (C=O) groups excluding carboxylic acids is 2. The summed E-state index contributed by atoms with van der Waals surface area (Å²) in [6, 6.07) is 0.0436. The monoisotopic (exact) mass is 327 g/mol. The maximum absolute atomic E-state index is 11.9. The van der Waals surface area contributed by atoms with Crippen LogP contribution in [0, 0.1) is 12.8 Å². The molecule has 22 heavy (non-hydrogen) atoms. The lowest BCUT2D eigenvalue weighted by molar-refractivity contribution is -0.119. The van der Waals surface area contributed by atoms with Gasteiger partial charge >= 0.3 is 11.7 Å². The van der Waals surface area contributed by atoms with Crippen molar-refractivity contribution in [2.45, 2.75) is 38.8 Å². The fraction of sp³-hybridized carbons (Fsp3) is 0.571. The highest BCUT2D eigenvalue weighted by molar-refractivity contribution is 8.00. The number of hydrogen-bond acceptors (Lipinski definition) is 6. The van der Waals surface area contributed by atoms with Gasteiger partial charge in [0.1, 0.15) is 10.6 Å². The van der Waals surface area contributed by atoms with Gasteiger partial charge < -0.3 is 15.0 Å². The van der Waals surface area contributed by atoms with E-state index >= 15 is 0 Å². The summed E-state index contributed by atoms with van der Waals surface area (Å²) in [6.07, 6.45) is 0. The second-order valence-corrected chi connectivity index (χ2v) is 6.19. The van der Waals surface area contributed by atoms with Crippen molar-refractivity contribution in [3.05, 3.63) is 21.7 Å². The van der Waals surface area contributed by atoms with Crippen LogP contribution in [0.15, 0.2) is 9.82 Å². The van der Waals surface area contributed by atoms with Crippen molar-refractivity contribution in [3.63, 3.8) is 0 Å². The minimum absolute atomic E-state index is 0.0436. The summed E-state index contributed by atoms with van der Waals surface area (Å²) in [6.45, 7) is 7.52. The summed E-state index contributed by atoms with van der Waals surface area (Å²) in [5.41, 5.74) is -0.0225. The van der Waals surface area contributed by atoms with E-state index < -0.39 is 11.7 Å². The first-order valence-electron chi connectivity index (χ1n) is 6.87. The fourth-order valence-corrected chi connectivity index (χ4v) is 2.48. The van der Waals surface area contributed by atoms with Gasteiger partial charge in [-0.05, 0) is 19.8 Å². The van der Waals surface area contributed by atoms with E-state index in [-0.39, 0.29) is 28.3 Å². The van der Waals surface area contributed by atoms with Gasteiger partial charge in [0, 0.05) is 11.7 Å². The average molecular weight is 327 g/mol. The van der Waals surface area contributed by atoms with Crippen LogP contribution >= 0.6 is 11.8 Å². The molecule has 0 aliphatic heterocycles. The summed E-state index contributed by atoms with van der Waals surface area (Å²) in [4.78, 5) is 41.3. The predicted molar refractivity (Wildman–Crippen MR) is 84.1 cm³/mol. The first-order valence-corrected chi connectivity index (χ1v) is 7.86. The third-order valence-corrected chi connectivity index (χ3v) is 4.18. The largest absolute Gasteiger partial charge is 0.465 e. The van der Waals surface area contributed by atoms with Crippen LogP contribution in [0.4, 0.5) is 0 Å². The molecule has 122 valence electrons. The lowest BCUT2D eigenvalue weighted by Crippen LogP contribution is -2.37. The molecule has 0 aliphatic carbocycles. The van der Waals surface area contributed by atoms with Crippen LogP contribution in [-0.4, -0.2) is 40.7 Å². The average Bonchev–Trinajstić information content (AvgIpc) is 2.43. The molecule has 0 spiro atoms. The van der Waals surface area contributed by atoms with Crippen LogP contribution in [0.25, 0.3) is 0 Å². The number of rotatable bonds is 6. The van der Waals surface area contributed by atoms with Crippen molar-refractivity contribution in [1.82, 2.24) is 15.3 Å². The van der Waals surface area contributed by atoms with Gasteiger partial charge in [-0.2, -0.15) is 4.98 Å². The van der Waals surface area contributed by atoms with E-state index in [0.717, 1.165) is 11.8 Å². The Balaban J connectivity index is 2.87. The number of nitrogens with one attached hydrogen (secondary N) is 2. The molecule has 1 rings (SSSR count). The van der Waals surface area contributed by atoms with Gasteiger partial charge in [0.2, 0.25) is 5.91 Å². The molecule has 0 fully saturated rings. The van der Waals surface area contributed by atoms with Crippen molar-refractivity contribution in [2.24, 2.45) is 5.92 Å². The smallest absolute Gasteiger partial charge is 0.346 e. The van der Waals surface area contributed by atoms with Gasteiger partial charge in [0.05, 0.1) is 12.9 Å². The quantitative estimate of drug-likeness (QED) is 0.461. The molecule has 8 heteroatoms. The number of amides is 1. The van der Waals surface area contributed by atoms with Crippen molar-refractivity contribution >= 4 is 23.6 Å². The summed E-state index contributed by atoms with van der Waals surface area (Å²) < 4.78 is 4.69. The highest BCUT2D eigenvalue weighted by Gasteiger charge is 2.20. The zero-order chi connectivity index (χ0) is 16.9. The second-order valence-electron chi connectivity index (χ2n) is 5.23. The van der Waals surface area contributed by atoms with Crippen molar-refractivity contribution in [1.29, 1.82) is 0 Å². The Morgan fingerprint density at radius 3 is 2.55 bits per heavy atom. The Hall–Kier alpha value is -1.83. The minimum atomic E-state index is -0.597. The molecule has 0 unspecified atom stereocenters.